The van der Waals surface area contributed by atoms with Crippen LogP contribution in [0.3, 0.4) is 0 Å². The molecule has 2 amide bonds. The number of nitrogens with zero attached hydrogens (tertiary/aromatic N) is 2. The summed E-state index contributed by atoms with van der Waals surface area (Å²) >= 11 is 0. The Morgan fingerprint density at radius 1 is 1.03 bits per heavy atom. The van der Waals surface area contributed by atoms with Gasteiger partial charge in [-0.25, -0.2) is 4.39 Å². The molecule has 2 aliphatic rings. The molecule has 0 spiro atoms. The van der Waals surface area contributed by atoms with Crippen LogP contribution in [0.1, 0.15) is 53.1 Å². The lowest BCUT2D eigenvalue weighted by Crippen LogP contribution is -2.54. The zero-order valence-corrected chi connectivity index (χ0v) is 19.6. The number of benzene rings is 2. The van der Waals surface area contributed by atoms with E-state index in [4.69, 9.17) is 0 Å². The van der Waals surface area contributed by atoms with E-state index in [0.717, 1.165) is 25.9 Å². The Kier molecular flexibility index (Phi) is 7.43. The fourth-order valence-corrected chi connectivity index (χ4v) is 4.72. The monoisotopic (exact) mass is 451 g/mol. The second-order valence-electron chi connectivity index (χ2n) is 9.61. The van der Waals surface area contributed by atoms with Crippen LogP contribution in [0.25, 0.3) is 0 Å². The van der Waals surface area contributed by atoms with Gasteiger partial charge < -0.3 is 15.1 Å². The molecule has 1 aliphatic heterocycles. The van der Waals surface area contributed by atoms with E-state index in [1.807, 2.05) is 4.90 Å². The first kappa shape index (κ1) is 23.4. The summed E-state index contributed by atoms with van der Waals surface area (Å²) in [5, 5.41) is 2.94. The molecule has 1 N–H and O–H groups in total. The van der Waals surface area contributed by atoms with Crippen LogP contribution in [0.4, 0.5) is 4.39 Å². The molecule has 6 heteroatoms. The van der Waals surface area contributed by atoms with Crippen molar-refractivity contribution in [2.24, 2.45) is 5.92 Å². The van der Waals surface area contributed by atoms with Crippen molar-refractivity contribution in [3.05, 3.63) is 71.0 Å². The van der Waals surface area contributed by atoms with Gasteiger partial charge in [0.2, 0.25) is 5.91 Å². The van der Waals surface area contributed by atoms with Crippen molar-refractivity contribution in [1.82, 2.24) is 15.1 Å². The van der Waals surface area contributed by atoms with Crippen LogP contribution >= 0.6 is 0 Å². The average molecular weight is 452 g/mol. The van der Waals surface area contributed by atoms with Crippen LogP contribution in [-0.4, -0.2) is 60.9 Å². The molecule has 3 atom stereocenters. The van der Waals surface area contributed by atoms with E-state index in [2.05, 4.69) is 48.5 Å². The van der Waals surface area contributed by atoms with Crippen molar-refractivity contribution < 1.29 is 14.0 Å². The average Bonchev–Trinajstić information content (AvgIpc) is 3.59. The van der Waals surface area contributed by atoms with Crippen LogP contribution in [0.2, 0.25) is 0 Å². The number of amides is 2. The minimum Gasteiger partial charge on any atom is -0.340 e. The smallest absolute Gasteiger partial charge is 0.251 e. The number of carbonyl (C=O) groups is 2. The fraction of sp³-hybridized carbons (Fsp3) is 0.481. The third kappa shape index (κ3) is 6.20. The molecule has 2 aromatic rings. The predicted molar refractivity (Wildman–Crippen MR) is 128 cm³/mol. The Bertz CT molecular complexity index is 952. The molecule has 1 heterocycles. The molecule has 2 aromatic carbocycles. The molecule has 0 bridgehead atoms. The van der Waals surface area contributed by atoms with E-state index in [0.29, 0.717) is 36.9 Å². The van der Waals surface area contributed by atoms with Crippen LogP contribution in [0, 0.1) is 18.7 Å². The number of nitrogens with one attached hydrogen (secondary N) is 1. The largest absolute Gasteiger partial charge is 0.340 e. The first-order valence-electron chi connectivity index (χ1n) is 12.0. The van der Waals surface area contributed by atoms with Gasteiger partial charge in [0.05, 0.1) is 0 Å². The second-order valence-corrected chi connectivity index (χ2v) is 9.61. The lowest BCUT2D eigenvalue weighted by Gasteiger charge is -2.34. The minimum atomic E-state index is -0.553. The van der Waals surface area contributed by atoms with Gasteiger partial charge >= 0.3 is 0 Å². The highest BCUT2D eigenvalue weighted by Gasteiger charge is 2.38. The van der Waals surface area contributed by atoms with Crippen LogP contribution < -0.4 is 5.32 Å². The lowest BCUT2D eigenvalue weighted by molar-refractivity contribution is -0.135. The van der Waals surface area contributed by atoms with Crippen LogP contribution in [-0.2, 0) is 4.79 Å². The van der Waals surface area contributed by atoms with Gasteiger partial charge in [-0.2, -0.15) is 0 Å². The normalized spacial score (nSPS) is 21.5. The van der Waals surface area contributed by atoms with E-state index in [1.165, 1.54) is 41.8 Å². The number of piperazine rings is 1. The van der Waals surface area contributed by atoms with E-state index >= 15 is 0 Å². The van der Waals surface area contributed by atoms with E-state index in [-0.39, 0.29) is 17.6 Å². The molecule has 0 radical (unpaired) electrons. The number of halogens is 1. The number of carbonyl (C=O) groups excluding carboxylic acids is 2. The zero-order valence-electron chi connectivity index (χ0n) is 19.6. The summed E-state index contributed by atoms with van der Waals surface area (Å²) < 4.78 is 13.2. The predicted octanol–water partition coefficient (Wildman–Crippen LogP) is 3.98. The number of rotatable bonds is 8. The number of likely N-dealkylation sites (N-methyl/N-ethyl adjacent to an activating group) is 1. The highest BCUT2D eigenvalue weighted by molar-refractivity contribution is 5.97. The zero-order chi connectivity index (χ0) is 23.4. The lowest BCUT2D eigenvalue weighted by atomic mass is 10.0. The third-order valence-corrected chi connectivity index (χ3v) is 7.02. The van der Waals surface area contributed by atoms with Crippen LogP contribution in [0.5, 0.6) is 0 Å². The molecule has 5 nitrogen and oxygen atoms in total. The molecule has 1 saturated heterocycles. The molecule has 1 saturated carbocycles. The summed E-state index contributed by atoms with van der Waals surface area (Å²) in [5.41, 5.74) is 3.05. The molecule has 33 heavy (non-hydrogen) atoms. The van der Waals surface area contributed by atoms with Gasteiger partial charge in [0, 0.05) is 31.7 Å². The molecular weight excluding hydrogens is 417 g/mol. The topological polar surface area (TPSA) is 52.7 Å². The Morgan fingerprint density at radius 2 is 1.70 bits per heavy atom. The summed E-state index contributed by atoms with van der Waals surface area (Å²) in [5.74, 6) is 0.547. The summed E-state index contributed by atoms with van der Waals surface area (Å²) in [6.45, 7) is 5.13. The summed E-state index contributed by atoms with van der Waals surface area (Å²) in [6, 6.07) is 13.7. The first-order valence-corrected chi connectivity index (χ1v) is 12.0. The third-order valence-electron chi connectivity index (χ3n) is 7.02. The van der Waals surface area contributed by atoms with Gasteiger partial charge in [0.15, 0.2) is 0 Å². The Labute approximate surface area is 196 Å². The van der Waals surface area contributed by atoms with E-state index < -0.39 is 6.04 Å². The number of hydrogen-bond acceptors (Lipinski definition) is 3. The first-order chi connectivity index (χ1) is 15.9. The van der Waals surface area contributed by atoms with Crippen molar-refractivity contribution in [1.29, 1.82) is 0 Å². The van der Waals surface area contributed by atoms with Gasteiger partial charge in [-0.15, -0.1) is 0 Å². The molecule has 0 aromatic heterocycles. The molecule has 2 fully saturated rings. The quantitative estimate of drug-likeness (QED) is 0.661. The van der Waals surface area contributed by atoms with E-state index in [9.17, 15) is 14.0 Å². The maximum Gasteiger partial charge on any atom is 0.251 e. The maximum atomic E-state index is 13.3. The van der Waals surface area contributed by atoms with Gasteiger partial charge in [-0.05, 0) is 74.9 Å². The molecule has 4 rings (SSSR count). The van der Waals surface area contributed by atoms with Crippen molar-refractivity contribution in [3.63, 3.8) is 0 Å². The molecule has 1 aliphatic carbocycles. The number of aryl methyl sites for hydroxylation is 1. The molecule has 0 unspecified atom stereocenters. The number of hydrogen-bond donors (Lipinski definition) is 1. The van der Waals surface area contributed by atoms with Gasteiger partial charge in [0.25, 0.3) is 5.91 Å². The SMILES string of the molecule is Cc1ccc([C@@H]2C[C@H]2CCC[C@H](NC(=O)c2ccc(F)cc2)C(=O)N2CCN(C)CC2)cc1. The minimum absolute atomic E-state index is 0.00977. The maximum absolute atomic E-state index is 13.3. The summed E-state index contributed by atoms with van der Waals surface area (Å²) in [4.78, 5) is 30.1. The highest BCUT2D eigenvalue weighted by atomic mass is 19.1. The second kappa shape index (κ2) is 10.5. The Morgan fingerprint density at radius 3 is 2.36 bits per heavy atom. The standard InChI is InChI=1S/C27H34FN3O2/c1-19-6-8-20(9-7-19)24-18-22(24)4-3-5-25(27(33)31-16-14-30(2)15-17-31)29-26(32)21-10-12-23(28)13-11-21/h6-13,22,24-25H,3-5,14-18H2,1-2H3,(H,29,32)/t22-,24+,25+/m1/s1. The van der Waals surface area contributed by atoms with Crippen LogP contribution in [0.15, 0.2) is 48.5 Å². The molecule has 176 valence electrons. The van der Waals surface area contributed by atoms with Gasteiger partial charge in [0.1, 0.15) is 11.9 Å². The van der Waals surface area contributed by atoms with E-state index in [1.54, 1.807) is 0 Å². The highest BCUT2D eigenvalue weighted by Crippen LogP contribution is 2.50. The Hall–Kier alpha value is -2.73. The Balaban J connectivity index is 1.35. The molecular formula is C27H34FN3O2. The van der Waals surface area contributed by atoms with Crippen molar-refractivity contribution >= 4 is 11.8 Å². The van der Waals surface area contributed by atoms with Gasteiger partial charge in [-0.3, -0.25) is 9.59 Å². The summed E-state index contributed by atoms with van der Waals surface area (Å²) in [6.07, 6.45) is 3.76. The fourth-order valence-electron chi connectivity index (χ4n) is 4.72. The van der Waals surface area contributed by atoms with Gasteiger partial charge in [-0.1, -0.05) is 36.2 Å². The van der Waals surface area contributed by atoms with Crippen molar-refractivity contribution in [3.8, 4) is 0 Å². The summed E-state index contributed by atoms with van der Waals surface area (Å²) in [7, 11) is 2.05. The van der Waals surface area contributed by atoms with Crippen molar-refractivity contribution in [2.75, 3.05) is 33.2 Å². The van der Waals surface area contributed by atoms with Crippen molar-refractivity contribution in [2.45, 2.75) is 44.6 Å².